The van der Waals surface area contributed by atoms with Crippen LogP contribution in [0.15, 0.2) is 30.5 Å². The number of carbonyl (C=O) groups excluding carboxylic acids is 1. The molecule has 2 rings (SSSR count). The molecule has 20 heavy (non-hydrogen) atoms. The Morgan fingerprint density at radius 3 is 2.75 bits per heavy atom. The van der Waals surface area contributed by atoms with Crippen molar-refractivity contribution in [3.63, 3.8) is 0 Å². The highest BCUT2D eigenvalue weighted by Gasteiger charge is 2.17. The second-order valence-electron chi connectivity index (χ2n) is 4.38. The Bertz CT molecular complexity index is 656. The topological polar surface area (TPSA) is 42.0 Å². The quantitative estimate of drug-likeness (QED) is 0.872. The number of aryl methyl sites for hydroxylation is 2. The van der Waals surface area contributed by atoms with Gasteiger partial charge >= 0.3 is 0 Å². The van der Waals surface area contributed by atoms with Gasteiger partial charge in [-0.2, -0.15) is 4.39 Å². The van der Waals surface area contributed by atoms with Crippen LogP contribution < -0.4 is 5.32 Å². The van der Waals surface area contributed by atoms with Crippen molar-refractivity contribution in [3.05, 3.63) is 58.9 Å². The van der Waals surface area contributed by atoms with Crippen molar-refractivity contribution in [1.82, 2.24) is 4.98 Å². The van der Waals surface area contributed by atoms with Gasteiger partial charge in [-0.25, -0.2) is 9.37 Å². The zero-order valence-electron chi connectivity index (χ0n) is 11.2. The van der Waals surface area contributed by atoms with Gasteiger partial charge in [0.05, 0.1) is 5.56 Å². The molecule has 0 atom stereocenters. The van der Waals surface area contributed by atoms with E-state index in [1.165, 1.54) is 0 Å². The summed E-state index contributed by atoms with van der Waals surface area (Å²) in [5, 5.41) is 2.64. The predicted octanol–water partition coefficient (Wildman–Crippen LogP) is 3.48. The SMILES string of the molecule is CCc1cccc(C)c1NC(=O)c1ccnc(F)c1F. The van der Waals surface area contributed by atoms with Crippen LogP contribution >= 0.6 is 0 Å². The van der Waals surface area contributed by atoms with E-state index in [1.54, 1.807) is 0 Å². The first kappa shape index (κ1) is 14.1. The lowest BCUT2D eigenvalue weighted by Crippen LogP contribution is -2.17. The molecule has 0 aliphatic carbocycles. The molecule has 0 unspecified atom stereocenters. The van der Waals surface area contributed by atoms with Gasteiger partial charge in [-0.1, -0.05) is 25.1 Å². The van der Waals surface area contributed by atoms with Crippen molar-refractivity contribution in [2.45, 2.75) is 20.3 Å². The molecule has 0 spiro atoms. The van der Waals surface area contributed by atoms with Crippen LogP contribution in [0.1, 0.15) is 28.4 Å². The number of nitrogens with zero attached hydrogens (tertiary/aromatic N) is 1. The Balaban J connectivity index is 2.35. The summed E-state index contributed by atoms with van der Waals surface area (Å²) in [5.41, 5.74) is 2.08. The number of carbonyl (C=O) groups is 1. The molecule has 104 valence electrons. The maximum absolute atomic E-state index is 13.5. The van der Waals surface area contributed by atoms with E-state index < -0.39 is 17.7 Å². The normalized spacial score (nSPS) is 10.4. The van der Waals surface area contributed by atoms with Gasteiger partial charge in [-0.3, -0.25) is 4.79 Å². The first-order chi connectivity index (χ1) is 9.54. The van der Waals surface area contributed by atoms with Crippen molar-refractivity contribution in [2.75, 3.05) is 5.32 Å². The smallest absolute Gasteiger partial charge is 0.258 e. The Morgan fingerprint density at radius 2 is 2.05 bits per heavy atom. The van der Waals surface area contributed by atoms with Crippen LogP contribution in [0.25, 0.3) is 0 Å². The fourth-order valence-electron chi connectivity index (χ4n) is 1.98. The third-order valence-corrected chi connectivity index (χ3v) is 3.07. The largest absolute Gasteiger partial charge is 0.321 e. The lowest BCUT2D eigenvalue weighted by atomic mass is 10.1. The van der Waals surface area contributed by atoms with Crippen molar-refractivity contribution >= 4 is 11.6 Å². The van der Waals surface area contributed by atoms with Crippen LogP contribution in [0.5, 0.6) is 0 Å². The Kier molecular flexibility index (Phi) is 4.08. The number of pyridine rings is 1. The van der Waals surface area contributed by atoms with Gasteiger partial charge < -0.3 is 5.32 Å². The van der Waals surface area contributed by atoms with Crippen LogP contribution in [0, 0.1) is 18.7 Å². The first-order valence-corrected chi connectivity index (χ1v) is 6.24. The lowest BCUT2D eigenvalue weighted by Gasteiger charge is -2.13. The second-order valence-corrected chi connectivity index (χ2v) is 4.38. The van der Waals surface area contributed by atoms with Crippen molar-refractivity contribution in [3.8, 4) is 0 Å². The van der Waals surface area contributed by atoms with Crippen LogP contribution in [-0.4, -0.2) is 10.9 Å². The molecule has 0 saturated heterocycles. The molecule has 3 nitrogen and oxygen atoms in total. The fraction of sp³-hybridized carbons (Fsp3) is 0.200. The third kappa shape index (κ3) is 2.66. The van der Waals surface area contributed by atoms with Gasteiger partial charge in [0, 0.05) is 11.9 Å². The first-order valence-electron chi connectivity index (χ1n) is 6.24. The van der Waals surface area contributed by atoms with E-state index in [-0.39, 0.29) is 5.56 Å². The lowest BCUT2D eigenvalue weighted by molar-refractivity contribution is 0.102. The summed E-state index contributed by atoms with van der Waals surface area (Å²) in [6, 6.07) is 6.76. The minimum atomic E-state index is -1.28. The van der Waals surface area contributed by atoms with Crippen molar-refractivity contribution in [1.29, 1.82) is 0 Å². The number of hydrogen-bond donors (Lipinski definition) is 1. The number of anilines is 1. The molecule has 0 fully saturated rings. The molecule has 1 aromatic heterocycles. The highest BCUT2D eigenvalue weighted by atomic mass is 19.2. The number of hydrogen-bond acceptors (Lipinski definition) is 2. The molecule has 1 heterocycles. The molecule has 1 amide bonds. The molecule has 0 saturated carbocycles. The van der Waals surface area contributed by atoms with E-state index in [0.29, 0.717) is 5.69 Å². The number of amides is 1. The van der Waals surface area contributed by atoms with Gasteiger partial charge in [0.15, 0.2) is 5.82 Å². The number of benzene rings is 1. The summed E-state index contributed by atoms with van der Waals surface area (Å²) in [6.07, 6.45) is 1.79. The third-order valence-electron chi connectivity index (χ3n) is 3.07. The summed E-state index contributed by atoms with van der Waals surface area (Å²) in [6.45, 7) is 3.80. The van der Waals surface area contributed by atoms with E-state index in [0.717, 1.165) is 29.8 Å². The van der Waals surface area contributed by atoms with E-state index in [2.05, 4.69) is 10.3 Å². The van der Waals surface area contributed by atoms with Gasteiger partial charge in [0.2, 0.25) is 5.95 Å². The number of para-hydroxylation sites is 1. The summed E-state index contributed by atoms with van der Waals surface area (Å²) < 4.78 is 26.6. The number of rotatable bonds is 3. The standard InChI is InChI=1S/C15H14F2N2O/c1-3-10-6-4-5-9(2)13(10)19-15(20)11-7-8-18-14(17)12(11)16/h4-8H,3H2,1-2H3,(H,19,20). The average molecular weight is 276 g/mol. The molecular weight excluding hydrogens is 262 g/mol. The molecule has 5 heteroatoms. The predicted molar refractivity (Wildman–Crippen MR) is 72.7 cm³/mol. The van der Waals surface area contributed by atoms with E-state index in [9.17, 15) is 13.6 Å². The molecule has 2 aromatic rings. The molecule has 0 aliphatic heterocycles. The van der Waals surface area contributed by atoms with Crippen LogP contribution in [0.2, 0.25) is 0 Å². The summed E-state index contributed by atoms with van der Waals surface area (Å²) >= 11 is 0. The summed E-state index contributed by atoms with van der Waals surface area (Å²) in [7, 11) is 0. The van der Waals surface area contributed by atoms with E-state index >= 15 is 0 Å². The molecule has 1 N–H and O–H groups in total. The molecular formula is C15H14F2N2O. The zero-order valence-corrected chi connectivity index (χ0v) is 11.2. The molecule has 0 bridgehead atoms. The second kappa shape index (κ2) is 5.77. The van der Waals surface area contributed by atoms with Gasteiger partial charge in [-0.15, -0.1) is 0 Å². The number of halogens is 2. The van der Waals surface area contributed by atoms with Crippen molar-refractivity contribution < 1.29 is 13.6 Å². The van der Waals surface area contributed by atoms with Crippen LogP contribution in [0.4, 0.5) is 14.5 Å². The molecule has 0 radical (unpaired) electrons. The number of nitrogens with one attached hydrogen (secondary N) is 1. The van der Waals surface area contributed by atoms with E-state index in [4.69, 9.17) is 0 Å². The monoisotopic (exact) mass is 276 g/mol. The zero-order chi connectivity index (χ0) is 14.7. The highest BCUT2D eigenvalue weighted by molar-refractivity contribution is 6.05. The maximum Gasteiger partial charge on any atom is 0.258 e. The van der Waals surface area contributed by atoms with Gasteiger partial charge in [-0.05, 0) is 30.5 Å². The highest BCUT2D eigenvalue weighted by Crippen LogP contribution is 2.22. The van der Waals surface area contributed by atoms with Crippen molar-refractivity contribution in [2.24, 2.45) is 0 Å². The average Bonchev–Trinajstić information content (AvgIpc) is 2.44. The molecule has 0 aliphatic rings. The van der Waals surface area contributed by atoms with Crippen LogP contribution in [-0.2, 0) is 6.42 Å². The molecule has 1 aromatic carbocycles. The fourth-order valence-corrected chi connectivity index (χ4v) is 1.98. The Morgan fingerprint density at radius 1 is 1.30 bits per heavy atom. The summed E-state index contributed by atoms with van der Waals surface area (Å²) in [5.74, 6) is -3.21. The Hall–Kier alpha value is -2.30. The Labute approximate surface area is 115 Å². The van der Waals surface area contributed by atoms with Crippen LogP contribution in [0.3, 0.4) is 0 Å². The van der Waals surface area contributed by atoms with Gasteiger partial charge in [0.1, 0.15) is 0 Å². The summed E-state index contributed by atoms with van der Waals surface area (Å²) in [4.78, 5) is 15.2. The van der Waals surface area contributed by atoms with E-state index in [1.807, 2.05) is 32.0 Å². The minimum Gasteiger partial charge on any atom is -0.321 e. The number of aromatic nitrogens is 1. The maximum atomic E-state index is 13.5. The minimum absolute atomic E-state index is 0.359. The van der Waals surface area contributed by atoms with Gasteiger partial charge in [0.25, 0.3) is 5.91 Å².